The molecule has 0 fully saturated rings. The van der Waals surface area contributed by atoms with Crippen LogP contribution in [0.1, 0.15) is 24.8 Å². The van der Waals surface area contributed by atoms with Crippen molar-refractivity contribution in [3.05, 3.63) is 23.9 Å². The van der Waals surface area contributed by atoms with Crippen molar-refractivity contribution in [3.8, 4) is 0 Å². The number of hydrogen-bond acceptors (Lipinski definition) is 4. The lowest BCUT2D eigenvalue weighted by Gasteiger charge is -2.20. The molecule has 1 heterocycles. The van der Waals surface area contributed by atoms with Gasteiger partial charge in [-0.1, -0.05) is 6.07 Å². The van der Waals surface area contributed by atoms with Gasteiger partial charge in [-0.15, -0.1) is 0 Å². The van der Waals surface area contributed by atoms with Gasteiger partial charge in [0, 0.05) is 38.5 Å². The average Bonchev–Trinajstić information content (AvgIpc) is 2.34. The Hall–Kier alpha value is -1.13. The zero-order valence-electron chi connectivity index (χ0n) is 9.89. The first kappa shape index (κ1) is 12.9. The van der Waals surface area contributed by atoms with Crippen LogP contribution in [0.3, 0.4) is 0 Å². The van der Waals surface area contributed by atoms with Crippen LogP contribution in [0.2, 0.25) is 0 Å². The molecule has 0 aliphatic carbocycles. The highest BCUT2D eigenvalue weighted by molar-refractivity contribution is 5.45. The summed E-state index contributed by atoms with van der Waals surface area (Å²) < 4.78 is 0. The topological polar surface area (TPSA) is 62.4 Å². The largest absolute Gasteiger partial charge is 0.396 e. The molecular weight excluding hydrogens is 202 g/mol. The van der Waals surface area contributed by atoms with E-state index in [9.17, 15) is 0 Å². The molecule has 4 nitrogen and oxygen atoms in total. The molecular formula is C12H21N3O. The fourth-order valence-corrected chi connectivity index (χ4v) is 1.68. The van der Waals surface area contributed by atoms with Gasteiger partial charge in [-0.05, 0) is 25.3 Å². The van der Waals surface area contributed by atoms with Crippen LogP contribution in [-0.2, 0) is 6.54 Å². The molecule has 0 aliphatic heterocycles. The standard InChI is InChI=1S/C12H21N3O/c1-15(8-3-2-4-9-16)12-11(10-13)6-5-7-14-12/h5-7,16H,2-4,8-10,13H2,1H3. The molecule has 0 saturated carbocycles. The molecule has 0 atom stereocenters. The predicted molar refractivity (Wildman–Crippen MR) is 66.3 cm³/mol. The SMILES string of the molecule is CN(CCCCCO)c1ncccc1CN. The van der Waals surface area contributed by atoms with Gasteiger partial charge in [0.2, 0.25) is 0 Å². The molecule has 0 amide bonds. The van der Waals surface area contributed by atoms with E-state index in [1.54, 1.807) is 6.20 Å². The Kier molecular flexibility index (Phi) is 5.82. The molecule has 0 unspecified atom stereocenters. The normalized spacial score (nSPS) is 10.4. The summed E-state index contributed by atoms with van der Waals surface area (Å²) in [7, 11) is 2.03. The highest BCUT2D eigenvalue weighted by atomic mass is 16.2. The van der Waals surface area contributed by atoms with Crippen molar-refractivity contribution in [2.24, 2.45) is 5.73 Å². The summed E-state index contributed by atoms with van der Waals surface area (Å²) in [6.07, 6.45) is 4.78. The maximum Gasteiger partial charge on any atom is 0.132 e. The predicted octanol–water partition coefficient (Wildman–Crippen LogP) is 1.14. The minimum absolute atomic E-state index is 0.279. The Morgan fingerprint density at radius 3 is 2.88 bits per heavy atom. The zero-order valence-corrected chi connectivity index (χ0v) is 9.89. The lowest BCUT2D eigenvalue weighted by molar-refractivity contribution is 0.283. The van der Waals surface area contributed by atoms with Crippen LogP contribution >= 0.6 is 0 Å². The van der Waals surface area contributed by atoms with Crippen molar-refractivity contribution < 1.29 is 5.11 Å². The lowest BCUT2D eigenvalue weighted by Crippen LogP contribution is -2.22. The molecule has 1 aromatic heterocycles. The number of aromatic nitrogens is 1. The number of nitrogens with two attached hydrogens (primary N) is 1. The van der Waals surface area contributed by atoms with E-state index in [1.165, 1.54) is 0 Å². The van der Waals surface area contributed by atoms with E-state index in [1.807, 2.05) is 19.2 Å². The Balaban J connectivity index is 2.48. The van der Waals surface area contributed by atoms with Crippen molar-refractivity contribution in [3.63, 3.8) is 0 Å². The molecule has 0 aliphatic rings. The van der Waals surface area contributed by atoms with Crippen molar-refractivity contribution in [2.45, 2.75) is 25.8 Å². The summed E-state index contributed by atoms with van der Waals surface area (Å²) in [5.74, 6) is 0.967. The molecule has 1 rings (SSSR count). The van der Waals surface area contributed by atoms with Crippen LogP contribution in [-0.4, -0.2) is 30.3 Å². The second kappa shape index (κ2) is 7.19. The molecule has 0 aromatic carbocycles. The van der Waals surface area contributed by atoms with E-state index < -0.39 is 0 Å². The summed E-state index contributed by atoms with van der Waals surface area (Å²) in [5.41, 5.74) is 6.74. The highest BCUT2D eigenvalue weighted by Gasteiger charge is 2.06. The molecule has 3 N–H and O–H groups in total. The zero-order chi connectivity index (χ0) is 11.8. The quantitative estimate of drug-likeness (QED) is 0.680. The number of hydrogen-bond donors (Lipinski definition) is 2. The number of aliphatic hydroxyl groups excluding tert-OH is 1. The Morgan fingerprint density at radius 1 is 1.38 bits per heavy atom. The van der Waals surface area contributed by atoms with Gasteiger partial charge in [-0.25, -0.2) is 4.98 Å². The van der Waals surface area contributed by atoms with Crippen LogP contribution in [0.25, 0.3) is 0 Å². The van der Waals surface area contributed by atoms with Crippen LogP contribution in [0.4, 0.5) is 5.82 Å². The fraction of sp³-hybridized carbons (Fsp3) is 0.583. The minimum Gasteiger partial charge on any atom is -0.396 e. The van der Waals surface area contributed by atoms with Crippen molar-refractivity contribution in [2.75, 3.05) is 25.1 Å². The van der Waals surface area contributed by atoms with Gasteiger partial charge in [-0.2, -0.15) is 0 Å². The monoisotopic (exact) mass is 223 g/mol. The van der Waals surface area contributed by atoms with Gasteiger partial charge in [0.1, 0.15) is 5.82 Å². The van der Waals surface area contributed by atoms with Gasteiger partial charge < -0.3 is 15.7 Å². The van der Waals surface area contributed by atoms with Crippen molar-refractivity contribution in [1.29, 1.82) is 0 Å². The second-order valence-electron chi connectivity index (χ2n) is 3.90. The van der Waals surface area contributed by atoms with Gasteiger partial charge >= 0.3 is 0 Å². The van der Waals surface area contributed by atoms with Gasteiger partial charge in [0.25, 0.3) is 0 Å². The van der Waals surface area contributed by atoms with E-state index >= 15 is 0 Å². The number of pyridine rings is 1. The molecule has 16 heavy (non-hydrogen) atoms. The second-order valence-corrected chi connectivity index (χ2v) is 3.90. The molecule has 0 saturated heterocycles. The third-order valence-electron chi connectivity index (χ3n) is 2.60. The first-order chi connectivity index (χ1) is 7.79. The Morgan fingerprint density at radius 2 is 2.19 bits per heavy atom. The smallest absolute Gasteiger partial charge is 0.132 e. The molecule has 0 spiro atoms. The van der Waals surface area contributed by atoms with Crippen LogP contribution in [0.5, 0.6) is 0 Å². The van der Waals surface area contributed by atoms with Gasteiger partial charge in [0.15, 0.2) is 0 Å². The first-order valence-corrected chi connectivity index (χ1v) is 5.75. The number of rotatable bonds is 7. The summed E-state index contributed by atoms with van der Waals surface area (Å²) >= 11 is 0. The number of unbranched alkanes of at least 4 members (excludes halogenated alkanes) is 2. The summed E-state index contributed by atoms with van der Waals surface area (Å²) in [4.78, 5) is 6.47. The lowest BCUT2D eigenvalue weighted by atomic mass is 10.2. The van der Waals surface area contributed by atoms with E-state index in [4.69, 9.17) is 10.8 Å². The summed E-state index contributed by atoms with van der Waals surface area (Å²) in [5, 5.41) is 8.69. The van der Waals surface area contributed by atoms with E-state index in [-0.39, 0.29) is 6.61 Å². The molecule has 4 heteroatoms. The van der Waals surface area contributed by atoms with Gasteiger partial charge in [0.05, 0.1) is 0 Å². The van der Waals surface area contributed by atoms with Crippen molar-refractivity contribution in [1.82, 2.24) is 4.98 Å². The number of nitrogens with zero attached hydrogens (tertiary/aromatic N) is 2. The maximum absolute atomic E-state index is 8.69. The minimum atomic E-state index is 0.279. The van der Waals surface area contributed by atoms with Crippen LogP contribution in [0.15, 0.2) is 18.3 Å². The summed E-state index contributed by atoms with van der Waals surface area (Å²) in [6.45, 7) is 1.75. The fourth-order valence-electron chi connectivity index (χ4n) is 1.68. The van der Waals surface area contributed by atoms with E-state index in [0.717, 1.165) is 37.2 Å². The first-order valence-electron chi connectivity index (χ1n) is 5.75. The van der Waals surface area contributed by atoms with Crippen molar-refractivity contribution >= 4 is 5.82 Å². The van der Waals surface area contributed by atoms with Gasteiger partial charge in [-0.3, -0.25) is 0 Å². The highest BCUT2D eigenvalue weighted by Crippen LogP contribution is 2.15. The number of aliphatic hydroxyl groups is 1. The van der Waals surface area contributed by atoms with E-state index in [2.05, 4.69) is 9.88 Å². The third-order valence-corrected chi connectivity index (χ3v) is 2.60. The van der Waals surface area contributed by atoms with Crippen LogP contribution < -0.4 is 10.6 Å². The third kappa shape index (κ3) is 3.79. The van der Waals surface area contributed by atoms with Crippen LogP contribution in [0, 0.1) is 0 Å². The van der Waals surface area contributed by atoms with E-state index in [0.29, 0.717) is 6.54 Å². The number of anilines is 1. The molecule has 1 aromatic rings. The summed E-state index contributed by atoms with van der Waals surface area (Å²) in [6, 6.07) is 3.91. The Labute approximate surface area is 97.1 Å². The Bertz CT molecular complexity index is 304. The molecule has 90 valence electrons. The molecule has 0 radical (unpaired) electrons. The molecule has 0 bridgehead atoms. The maximum atomic E-state index is 8.69. The average molecular weight is 223 g/mol.